The van der Waals surface area contributed by atoms with E-state index in [1.807, 2.05) is 23.1 Å². The first-order valence-corrected chi connectivity index (χ1v) is 11.7. The fraction of sp³-hybridized carbons (Fsp3) is 0.385. The molecule has 0 radical (unpaired) electrons. The summed E-state index contributed by atoms with van der Waals surface area (Å²) in [5.41, 5.74) is 3.40. The summed E-state index contributed by atoms with van der Waals surface area (Å²) >= 11 is 0. The van der Waals surface area contributed by atoms with Crippen LogP contribution in [0.3, 0.4) is 0 Å². The van der Waals surface area contributed by atoms with Crippen LogP contribution in [-0.2, 0) is 22.7 Å². The maximum Gasteiger partial charge on any atom is 0.250 e. The van der Waals surface area contributed by atoms with Gasteiger partial charge in [0.15, 0.2) is 0 Å². The van der Waals surface area contributed by atoms with Crippen LogP contribution >= 0.6 is 0 Å². The number of hydrogen-bond acceptors (Lipinski definition) is 5. The van der Waals surface area contributed by atoms with Crippen molar-refractivity contribution in [2.75, 3.05) is 18.4 Å². The number of fused-ring (bicyclic) bond motifs is 1. The van der Waals surface area contributed by atoms with Crippen molar-refractivity contribution in [3.8, 4) is 0 Å². The molecular weight excluding hydrogens is 459 g/mol. The molecule has 0 saturated carbocycles. The zero-order chi connectivity index (χ0) is 24.6. The van der Waals surface area contributed by atoms with Crippen LogP contribution in [0.1, 0.15) is 48.3 Å². The van der Waals surface area contributed by atoms with Crippen LogP contribution in [0, 0.1) is 5.82 Å². The minimum atomic E-state index is -2.62. The van der Waals surface area contributed by atoms with Gasteiger partial charge in [0.05, 0.1) is 12.2 Å². The fourth-order valence-corrected chi connectivity index (χ4v) is 4.73. The molecule has 2 aliphatic rings. The van der Waals surface area contributed by atoms with E-state index in [9.17, 15) is 22.8 Å². The van der Waals surface area contributed by atoms with Gasteiger partial charge in [0, 0.05) is 67.6 Å². The van der Waals surface area contributed by atoms with Crippen LogP contribution in [0.2, 0.25) is 0 Å². The van der Waals surface area contributed by atoms with E-state index in [1.54, 1.807) is 18.4 Å². The van der Waals surface area contributed by atoms with Gasteiger partial charge in [0.25, 0.3) is 5.92 Å². The second-order valence-corrected chi connectivity index (χ2v) is 9.32. The Balaban J connectivity index is 1.24. The topological polar surface area (TPSA) is 74.6 Å². The van der Waals surface area contributed by atoms with Gasteiger partial charge in [0.2, 0.25) is 11.8 Å². The molecule has 1 atom stereocenters. The number of furan rings is 1. The number of alkyl halides is 2. The van der Waals surface area contributed by atoms with Crippen LogP contribution in [-0.4, -0.2) is 35.7 Å². The average Bonchev–Trinajstić information content (AvgIpc) is 3.23. The smallest absolute Gasteiger partial charge is 0.250 e. The first-order chi connectivity index (χ1) is 16.8. The Morgan fingerprint density at radius 1 is 1.11 bits per heavy atom. The number of nitrogens with zero attached hydrogens (tertiary/aromatic N) is 1. The van der Waals surface area contributed by atoms with Gasteiger partial charge in [-0.25, -0.2) is 13.2 Å². The van der Waals surface area contributed by atoms with Crippen molar-refractivity contribution in [3.63, 3.8) is 0 Å². The summed E-state index contributed by atoms with van der Waals surface area (Å²) in [5.74, 6) is -4.01. The fourth-order valence-electron chi connectivity index (χ4n) is 4.73. The number of hydrogen-bond donors (Lipinski definition) is 2. The minimum absolute atomic E-state index is 0.192. The third-order valence-corrected chi connectivity index (χ3v) is 6.81. The molecule has 2 aliphatic heterocycles. The van der Waals surface area contributed by atoms with Gasteiger partial charge in [-0.2, -0.15) is 0 Å². The molecule has 3 heterocycles. The SMILES string of the molecule is O=C1CCC(c2coc3ccc(NCc4ccc(CN5CCC(F)(F)CC5)c(F)c4)cc23)C(=O)N1. The summed E-state index contributed by atoms with van der Waals surface area (Å²) in [5, 5.41) is 6.44. The lowest BCUT2D eigenvalue weighted by Crippen LogP contribution is -2.39. The molecule has 3 aromatic rings. The quantitative estimate of drug-likeness (QED) is 0.484. The van der Waals surface area contributed by atoms with Crippen molar-refractivity contribution in [2.45, 2.75) is 50.6 Å². The molecular formula is C26H26F3N3O3. The number of nitrogens with one attached hydrogen (secondary N) is 2. The van der Waals surface area contributed by atoms with Crippen LogP contribution in [0.15, 0.2) is 47.1 Å². The summed E-state index contributed by atoms with van der Waals surface area (Å²) in [4.78, 5) is 25.6. The lowest BCUT2D eigenvalue weighted by atomic mass is 9.90. The monoisotopic (exact) mass is 485 g/mol. The highest BCUT2D eigenvalue weighted by Crippen LogP contribution is 2.34. The van der Waals surface area contributed by atoms with Crippen molar-refractivity contribution in [3.05, 3.63) is 65.2 Å². The van der Waals surface area contributed by atoms with Crippen molar-refractivity contribution >= 4 is 28.5 Å². The van der Waals surface area contributed by atoms with Crippen LogP contribution in [0.25, 0.3) is 11.0 Å². The molecule has 2 fully saturated rings. The molecule has 5 rings (SSSR count). The van der Waals surface area contributed by atoms with E-state index in [1.165, 1.54) is 6.07 Å². The molecule has 2 saturated heterocycles. The highest BCUT2D eigenvalue weighted by molar-refractivity contribution is 6.02. The van der Waals surface area contributed by atoms with Gasteiger partial charge in [-0.05, 0) is 36.2 Å². The Morgan fingerprint density at radius 3 is 2.66 bits per heavy atom. The first-order valence-electron chi connectivity index (χ1n) is 11.7. The molecule has 9 heteroatoms. The Morgan fingerprint density at radius 2 is 1.91 bits per heavy atom. The second kappa shape index (κ2) is 9.37. The standard InChI is InChI=1S/C26H26F3N3O3/c27-22-11-16(1-2-17(22)14-32-9-7-26(28,29)8-10-32)13-30-18-3-5-23-20(12-18)21(15-35-23)19-4-6-24(33)31-25(19)34/h1-3,5,11-12,15,19,30H,4,6-10,13-14H2,(H,31,33,34). The third kappa shape index (κ3) is 5.19. The summed E-state index contributed by atoms with van der Waals surface area (Å²) in [6.07, 6.45) is 1.90. The van der Waals surface area contributed by atoms with Crippen LogP contribution in [0.5, 0.6) is 0 Å². The normalized spacial score (nSPS) is 20.7. The van der Waals surface area contributed by atoms with Crippen molar-refractivity contribution in [1.29, 1.82) is 0 Å². The Labute approximate surface area is 200 Å². The first kappa shape index (κ1) is 23.4. The molecule has 0 bridgehead atoms. The Kier molecular flexibility index (Phi) is 6.27. The number of carbonyl (C=O) groups excluding carboxylic acids is 2. The van der Waals surface area contributed by atoms with Gasteiger partial charge < -0.3 is 9.73 Å². The minimum Gasteiger partial charge on any atom is -0.464 e. The lowest BCUT2D eigenvalue weighted by Gasteiger charge is -2.31. The van der Waals surface area contributed by atoms with E-state index in [0.29, 0.717) is 30.7 Å². The number of anilines is 1. The molecule has 1 unspecified atom stereocenters. The van der Waals surface area contributed by atoms with Gasteiger partial charge in [-0.1, -0.05) is 12.1 Å². The number of likely N-dealkylation sites (tertiary alicyclic amines) is 1. The van der Waals surface area contributed by atoms with E-state index >= 15 is 0 Å². The zero-order valence-electron chi connectivity index (χ0n) is 19.1. The summed E-state index contributed by atoms with van der Waals surface area (Å²) in [7, 11) is 0. The predicted octanol–water partition coefficient (Wildman–Crippen LogP) is 4.94. The number of halogens is 3. The lowest BCUT2D eigenvalue weighted by molar-refractivity contribution is -0.134. The van der Waals surface area contributed by atoms with E-state index < -0.39 is 11.8 Å². The summed E-state index contributed by atoms with van der Waals surface area (Å²) < 4.78 is 47.0. The van der Waals surface area contributed by atoms with E-state index in [4.69, 9.17) is 4.42 Å². The van der Waals surface area contributed by atoms with Crippen molar-refractivity contribution in [1.82, 2.24) is 10.2 Å². The number of carbonyl (C=O) groups is 2. The van der Waals surface area contributed by atoms with E-state index in [0.717, 1.165) is 22.2 Å². The van der Waals surface area contributed by atoms with Gasteiger partial charge >= 0.3 is 0 Å². The molecule has 2 amide bonds. The van der Waals surface area contributed by atoms with Crippen LogP contribution in [0.4, 0.5) is 18.9 Å². The number of rotatable bonds is 6. The Bertz CT molecular complexity index is 1260. The predicted molar refractivity (Wildman–Crippen MR) is 125 cm³/mol. The van der Waals surface area contributed by atoms with E-state index in [-0.39, 0.29) is 50.0 Å². The molecule has 1 aromatic heterocycles. The van der Waals surface area contributed by atoms with Gasteiger partial charge in [-0.3, -0.25) is 19.8 Å². The molecule has 184 valence electrons. The summed E-state index contributed by atoms with van der Waals surface area (Å²) in [6, 6.07) is 10.5. The van der Waals surface area contributed by atoms with Crippen molar-refractivity contribution < 1.29 is 27.2 Å². The molecule has 0 aliphatic carbocycles. The molecule has 2 aromatic carbocycles. The zero-order valence-corrected chi connectivity index (χ0v) is 19.1. The maximum absolute atomic E-state index is 14.7. The Hall–Kier alpha value is -3.33. The van der Waals surface area contributed by atoms with Crippen LogP contribution < -0.4 is 10.6 Å². The largest absolute Gasteiger partial charge is 0.464 e. The van der Waals surface area contributed by atoms with Gasteiger partial charge in [-0.15, -0.1) is 0 Å². The van der Waals surface area contributed by atoms with E-state index in [2.05, 4.69) is 10.6 Å². The van der Waals surface area contributed by atoms with Crippen molar-refractivity contribution in [2.24, 2.45) is 0 Å². The number of piperidine rings is 2. The number of benzene rings is 2. The van der Waals surface area contributed by atoms with Gasteiger partial charge in [0.1, 0.15) is 11.4 Å². The molecule has 35 heavy (non-hydrogen) atoms. The molecule has 2 N–H and O–H groups in total. The molecule has 0 spiro atoms. The number of imide groups is 1. The highest BCUT2D eigenvalue weighted by atomic mass is 19.3. The average molecular weight is 486 g/mol. The third-order valence-electron chi connectivity index (χ3n) is 6.81. The molecule has 6 nitrogen and oxygen atoms in total. The maximum atomic E-state index is 14.7. The second-order valence-electron chi connectivity index (χ2n) is 9.32. The number of amides is 2. The summed E-state index contributed by atoms with van der Waals surface area (Å²) in [6.45, 7) is 1.21. The highest BCUT2D eigenvalue weighted by Gasteiger charge is 2.34.